The summed E-state index contributed by atoms with van der Waals surface area (Å²) in [7, 11) is 0. The zero-order valence-corrected chi connectivity index (χ0v) is 16.1. The van der Waals surface area contributed by atoms with Crippen molar-refractivity contribution in [2.75, 3.05) is 6.54 Å². The lowest BCUT2D eigenvalue weighted by Gasteiger charge is -2.26. The Kier molecular flexibility index (Phi) is 10.7. The number of rotatable bonds is 12. The van der Waals surface area contributed by atoms with Gasteiger partial charge in [-0.05, 0) is 12.8 Å². The van der Waals surface area contributed by atoms with Crippen molar-refractivity contribution in [3.8, 4) is 0 Å². The predicted octanol–water partition coefficient (Wildman–Crippen LogP) is -3.21. The summed E-state index contributed by atoms with van der Waals surface area (Å²) in [5, 5.41) is 25.3. The molecule has 0 rings (SSSR count). The third-order valence-corrected chi connectivity index (χ3v) is 4.04. The van der Waals surface area contributed by atoms with Gasteiger partial charge in [-0.25, -0.2) is 4.79 Å². The van der Waals surface area contributed by atoms with Gasteiger partial charge in [-0.3, -0.25) is 19.2 Å². The average Bonchev–Trinajstić information content (AvgIpc) is 2.59. The second-order valence-electron chi connectivity index (χ2n) is 6.49. The Morgan fingerprint density at radius 1 is 1.00 bits per heavy atom. The summed E-state index contributed by atoms with van der Waals surface area (Å²) in [6.07, 6.45) is -1.25. The van der Waals surface area contributed by atoms with E-state index in [2.05, 4.69) is 16.0 Å². The van der Waals surface area contributed by atoms with Crippen molar-refractivity contribution >= 4 is 29.6 Å². The lowest BCUT2D eigenvalue weighted by atomic mass is 9.97. The molecule has 0 radical (unpaired) electrons. The fraction of sp³-hybridized carbons (Fsp3) is 0.688. The molecule has 0 aliphatic rings. The van der Waals surface area contributed by atoms with Gasteiger partial charge in [-0.2, -0.15) is 0 Å². The Hall–Kier alpha value is -2.73. The van der Waals surface area contributed by atoms with Gasteiger partial charge < -0.3 is 37.6 Å². The van der Waals surface area contributed by atoms with E-state index in [1.54, 1.807) is 13.8 Å². The van der Waals surface area contributed by atoms with E-state index in [1.807, 2.05) is 0 Å². The molecule has 0 heterocycles. The van der Waals surface area contributed by atoms with Crippen molar-refractivity contribution < 1.29 is 34.2 Å². The first-order chi connectivity index (χ1) is 12.9. The van der Waals surface area contributed by atoms with Crippen molar-refractivity contribution in [2.24, 2.45) is 17.4 Å². The number of nitrogens with two attached hydrogens (primary N) is 2. The standard InChI is InChI=1S/C16H29N5O7/c1-4-7(2)12(15(26)21-13(8(3)22)16(27)28)20-11(24)6-19-14(25)9(17)5-10(18)23/h7-9,12-13,22H,4-6,17H2,1-3H3,(H2,18,23)(H,19,25)(H,20,24)(H,21,26)(H,27,28). The van der Waals surface area contributed by atoms with Crippen LogP contribution in [-0.4, -0.2) is 70.6 Å². The maximum atomic E-state index is 12.4. The molecule has 9 N–H and O–H groups in total. The van der Waals surface area contributed by atoms with E-state index < -0.39 is 60.4 Å². The number of aliphatic hydroxyl groups is 1. The second-order valence-corrected chi connectivity index (χ2v) is 6.49. The van der Waals surface area contributed by atoms with Crippen molar-refractivity contribution in [2.45, 2.75) is 57.8 Å². The topological polar surface area (TPSA) is 214 Å². The van der Waals surface area contributed by atoms with E-state index in [0.29, 0.717) is 6.42 Å². The first kappa shape index (κ1) is 25.3. The van der Waals surface area contributed by atoms with Crippen LogP contribution in [0.1, 0.15) is 33.6 Å². The van der Waals surface area contributed by atoms with Crippen LogP contribution in [0, 0.1) is 5.92 Å². The van der Waals surface area contributed by atoms with Crippen LogP contribution in [-0.2, 0) is 24.0 Å². The summed E-state index contributed by atoms with van der Waals surface area (Å²) in [4.78, 5) is 58.0. The molecule has 0 fully saturated rings. The van der Waals surface area contributed by atoms with E-state index >= 15 is 0 Å². The number of hydrogen-bond donors (Lipinski definition) is 7. The van der Waals surface area contributed by atoms with E-state index in [9.17, 15) is 29.1 Å². The minimum Gasteiger partial charge on any atom is -0.480 e. The lowest BCUT2D eigenvalue weighted by Crippen LogP contribution is -2.57. The number of nitrogens with one attached hydrogen (secondary N) is 3. The molecule has 160 valence electrons. The van der Waals surface area contributed by atoms with Gasteiger partial charge in [0.05, 0.1) is 25.1 Å². The first-order valence-electron chi connectivity index (χ1n) is 8.72. The number of aliphatic hydroxyl groups excluding tert-OH is 1. The maximum absolute atomic E-state index is 12.4. The van der Waals surface area contributed by atoms with E-state index in [0.717, 1.165) is 0 Å². The molecule has 0 bridgehead atoms. The van der Waals surface area contributed by atoms with Crippen LogP contribution in [0.3, 0.4) is 0 Å². The highest BCUT2D eigenvalue weighted by molar-refractivity contribution is 5.93. The highest BCUT2D eigenvalue weighted by atomic mass is 16.4. The Balaban J connectivity index is 4.93. The Morgan fingerprint density at radius 2 is 1.57 bits per heavy atom. The Bertz CT molecular complexity index is 596. The molecule has 0 aliphatic heterocycles. The molecule has 0 spiro atoms. The van der Waals surface area contributed by atoms with E-state index in [4.69, 9.17) is 16.6 Å². The summed E-state index contributed by atoms with van der Waals surface area (Å²) in [5.41, 5.74) is 10.4. The van der Waals surface area contributed by atoms with Gasteiger partial charge in [-0.15, -0.1) is 0 Å². The summed E-state index contributed by atoms with van der Waals surface area (Å²) in [6, 6.07) is -3.84. The van der Waals surface area contributed by atoms with Crippen LogP contribution in [0.25, 0.3) is 0 Å². The van der Waals surface area contributed by atoms with Crippen molar-refractivity contribution in [1.82, 2.24) is 16.0 Å². The zero-order valence-electron chi connectivity index (χ0n) is 16.1. The molecule has 0 aromatic heterocycles. The molecule has 12 heteroatoms. The van der Waals surface area contributed by atoms with E-state index in [1.165, 1.54) is 6.92 Å². The van der Waals surface area contributed by atoms with Crippen LogP contribution >= 0.6 is 0 Å². The van der Waals surface area contributed by atoms with Crippen molar-refractivity contribution in [3.05, 3.63) is 0 Å². The van der Waals surface area contributed by atoms with Gasteiger partial charge in [0.15, 0.2) is 6.04 Å². The summed E-state index contributed by atoms with van der Waals surface area (Å²) < 4.78 is 0. The van der Waals surface area contributed by atoms with Crippen LogP contribution in [0.4, 0.5) is 0 Å². The van der Waals surface area contributed by atoms with Crippen LogP contribution < -0.4 is 27.4 Å². The lowest BCUT2D eigenvalue weighted by molar-refractivity contribution is -0.145. The number of primary amides is 1. The molecular formula is C16H29N5O7. The summed E-state index contributed by atoms with van der Waals surface area (Å²) in [6.45, 7) is 4.14. The molecule has 5 atom stereocenters. The number of carbonyl (C=O) groups excluding carboxylic acids is 4. The first-order valence-corrected chi connectivity index (χ1v) is 8.72. The molecule has 0 saturated heterocycles. The SMILES string of the molecule is CCC(C)C(NC(=O)CNC(=O)C(N)CC(N)=O)C(=O)NC(C(=O)O)C(C)O. The fourth-order valence-electron chi connectivity index (χ4n) is 2.17. The van der Waals surface area contributed by atoms with Crippen LogP contribution in [0.15, 0.2) is 0 Å². The zero-order chi connectivity index (χ0) is 22.0. The molecule has 12 nitrogen and oxygen atoms in total. The Morgan fingerprint density at radius 3 is 2.00 bits per heavy atom. The molecule has 0 aliphatic carbocycles. The number of carboxylic acids is 1. The van der Waals surface area contributed by atoms with Crippen molar-refractivity contribution in [1.29, 1.82) is 0 Å². The number of hydrogen-bond acceptors (Lipinski definition) is 7. The third-order valence-electron chi connectivity index (χ3n) is 4.04. The van der Waals surface area contributed by atoms with Gasteiger partial charge in [0.25, 0.3) is 0 Å². The van der Waals surface area contributed by atoms with Gasteiger partial charge in [0.2, 0.25) is 23.6 Å². The van der Waals surface area contributed by atoms with Gasteiger partial charge in [-0.1, -0.05) is 20.3 Å². The molecular weight excluding hydrogens is 374 g/mol. The summed E-state index contributed by atoms with van der Waals surface area (Å²) in [5.74, 6) is -4.82. The van der Waals surface area contributed by atoms with Gasteiger partial charge >= 0.3 is 5.97 Å². The third kappa shape index (κ3) is 8.77. The largest absolute Gasteiger partial charge is 0.480 e. The van der Waals surface area contributed by atoms with Gasteiger partial charge in [0, 0.05) is 0 Å². The number of carbonyl (C=O) groups is 5. The predicted molar refractivity (Wildman–Crippen MR) is 97.4 cm³/mol. The number of amides is 4. The average molecular weight is 403 g/mol. The molecule has 0 aromatic rings. The highest BCUT2D eigenvalue weighted by Gasteiger charge is 2.31. The normalized spacial score (nSPS) is 16.0. The number of aliphatic carboxylic acids is 1. The second kappa shape index (κ2) is 11.9. The fourth-order valence-corrected chi connectivity index (χ4v) is 2.17. The molecule has 0 saturated carbocycles. The molecule has 0 aromatic carbocycles. The summed E-state index contributed by atoms with van der Waals surface area (Å²) >= 11 is 0. The van der Waals surface area contributed by atoms with E-state index in [-0.39, 0.29) is 12.3 Å². The maximum Gasteiger partial charge on any atom is 0.328 e. The van der Waals surface area contributed by atoms with Crippen LogP contribution in [0.5, 0.6) is 0 Å². The monoisotopic (exact) mass is 403 g/mol. The Labute approximate surface area is 162 Å². The highest BCUT2D eigenvalue weighted by Crippen LogP contribution is 2.09. The molecule has 28 heavy (non-hydrogen) atoms. The quantitative estimate of drug-likeness (QED) is 0.175. The molecule has 5 unspecified atom stereocenters. The molecule has 4 amide bonds. The van der Waals surface area contributed by atoms with Crippen molar-refractivity contribution in [3.63, 3.8) is 0 Å². The number of carboxylic acid groups (broad SMARTS) is 1. The minimum absolute atomic E-state index is 0.361. The minimum atomic E-state index is -1.54. The smallest absolute Gasteiger partial charge is 0.328 e. The van der Waals surface area contributed by atoms with Crippen LogP contribution in [0.2, 0.25) is 0 Å². The van der Waals surface area contributed by atoms with Gasteiger partial charge in [0.1, 0.15) is 6.04 Å².